The molecule has 2 N–H and O–H groups in total. The predicted octanol–water partition coefficient (Wildman–Crippen LogP) is 1.95. The van der Waals surface area contributed by atoms with Crippen molar-refractivity contribution in [2.45, 2.75) is 6.42 Å². The minimum Gasteiger partial charge on any atom is -0.344 e. The van der Waals surface area contributed by atoms with E-state index in [2.05, 4.69) is 0 Å². The number of nitrogens with two attached hydrogens (primary N) is 1. The van der Waals surface area contributed by atoms with Crippen molar-refractivity contribution in [1.82, 2.24) is 4.90 Å². The van der Waals surface area contributed by atoms with Gasteiger partial charge in [0.25, 0.3) is 0 Å². The molecule has 1 aromatic carbocycles. The minimum atomic E-state index is 0.0174. The van der Waals surface area contributed by atoms with Gasteiger partial charge in [0.2, 0.25) is 5.91 Å². The van der Waals surface area contributed by atoms with Crippen molar-refractivity contribution in [3.63, 3.8) is 0 Å². The van der Waals surface area contributed by atoms with Crippen LogP contribution in [0.2, 0.25) is 10.0 Å². The van der Waals surface area contributed by atoms with E-state index >= 15 is 0 Å². The van der Waals surface area contributed by atoms with Crippen LogP contribution >= 0.6 is 23.2 Å². The highest BCUT2D eigenvalue weighted by Gasteiger charge is 2.09. The second-order valence-corrected chi connectivity index (χ2v) is 4.34. The molecule has 1 aromatic rings. The van der Waals surface area contributed by atoms with E-state index in [1.54, 1.807) is 30.1 Å². The lowest BCUT2D eigenvalue weighted by Crippen LogP contribution is -2.32. The van der Waals surface area contributed by atoms with Crippen LogP contribution in [0.25, 0.3) is 0 Å². The normalized spacial score (nSPS) is 10.2. The van der Waals surface area contributed by atoms with Crippen molar-refractivity contribution in [1.29, 1.82) is 0 Å². The molecule has 0 aliphatic rings. The molecule has 5 heteroatoms. The monoisotopic (exact) mass is 260 g/mol. The van der Waals surface area contributed by atoms with Gasteiger partial charge in [-0.1, -0.05) is 29.3 Å². The maximum Gasteiger partial charge on any atom is 0.226 e. The first kappa shape index (κ1) is 13.3. The summed E-state index contributed by atoms with van der Waals surface area (Å²) in [6.07, 6.45) is 0.313. The summed E-state index contributed by atoms with van der Waals surface area (Å²) < 4.78 is 0. The lowest BCUT2D eigenvalue weighted by Gasteiger charge is -2.15. The van der Waals surface area contributed by atoms with E-state index in [0.717, 1.165) is 5.56 Å². The maximum atomic E-state index is 11.7. The zero-order valence-electron chi connectivity index (χ0n) is 9.04. The Morgan fingerprint density at radius 3 is 2.62 bits per heavy atom. The predicted molar refractivity (Wildman–Crippen MR) is 66.9 cm³/mol. The van der Waals surface area contributed by atoms with E-state index in [9.17, 15) is 4.79 Å². The number of hydrogen-bond donors (Lipinski definition) is 1. The fourth-order valence-electron chi connectivity index (χ4n) is 1.28. The molecule has 0 saturated carbocycles. The van der Waals surface area contributed by atoms with E-state index in [1.165, 1.54) is 0 Å². The second-order valence-electron chi connectivity index (χ2n) is 3.53. The lowest BCUT2D eigenvalue weighted by atomic mass is 10.1. The number of benzene rings is 1. The molecule has 0 heterocycles. The van der Waals surface area contributed by atoms with Crippen LogP contribution in [0.15, 0.2) is 18.2 Å². The van der Waals surface area contributed by atoms with Gasteiger partial charge in [0, 0.05) is 20.1 Å². The first-order valence-corrected chi connectivity index (χ1v) is 5.68. The third kappa shape index (κ3) is 3.67. The molecule has 0 saturated heterocycles. The SMILES string of the molecule is CN(CCN)C(=O)Cc1ccc(Cl)c(Cl)c1. The first-order chi connectivity index (χ1) is 7.54. The first-order valence-electron chi connectivity index (χ1n) is 4.92. The molecular formula is C11H14Cl2N2O. The van der Waals surface area contributed by atoms with Gasteiger partial charge in [-0.3, -0.25) is 4.79 Å². The average molecular weight is 261 g/mol. The van der Waals surface area contributed by atoms with Crippen LogP contribution in [0.1, 0.15) is 5.56 Å². The smallest absolute Gasteiger partial charge is 0.226 e. The molecule has 1 amide bonds. The van der Waals surface area contributed by atoms with Crippen LogP contribution in [0.3, 0.4) is 0 Å². The van der Waals surface area contributed by atoms with E-state index < -0.39 is 0 Å². The zero-order chi connectivity index (χ0) is 12.1. The molecule has 16 heavy (non-hydrogen) atoms. The number of rotatable bonds is 4. The Bertz CT molecular complexity index is 382. The summed E-state index contributed by atoms with van der Waals surface area (Å²) in [5, 5.41) is 0.960. The number of halogens is 2. The number of likely N-dealkylation sites (N-methyl/N-ethyl adjacent to an activating group) is 1. The van der Waals surface area contributed by atoms with Gasteiger partial charge in [-0.15, -0.1) is 0 Å². The van der Waals surface area contributed by atoms with Crippen LogP contribution in [-0.4, -0.2) is 30.9 Å². The highest BCUT2D eigenvalue weighted by Crippen LogP contribution is 2.22. The van der Waals surface area contributed by atoms with E-state index in [4.69, 9.17) is 28.9 Å². The van der Waals surface area contributed by atoms with Gasteiger partial charge in [-0.05, 0) is 17.7 Å². The van der Waals surface area contributed by atoms with Crippen molar-refractivity contribution < 1.29 is 4.79 Å². The molecule has 0 aliphatic heterocycles. The lowest BCUT2D eigenvalue weighted by molar-refractivity contribution is -0.129. The molecule has 0 bridgehead atoms. The van der Waals surface area contributed by atoms with Gasteiger partial charge in [0.15, 0.2) is 0 Å². The van der Waals surface area contributed by atoms with Crippen LogP contribution in [0, 0.1) is 0 Å². The quantitative estimate of drug-likeness (QED) is 0.900. The van der Waals surface area contributed by atoms with Gasteiger partial charge < -0.3 is 10.6 Å². The van der Waals surface area contributed by atoms with Crippen molar-refractivity contribution in [3.8, 4) is 0 Å². The van der Waals surface area contributed by atoms with Gasteiger partial charge in [-0.25, -0.2) is 0 Å². The Morgan fingerprint density at radius 1 is 1.38 bits per heavy atom. The van der Waals surface area contributed by atoms with Crippen molar-refractivity contribution in [2.24, 2.45) is 5.73 Å². The third-order valence-electron chi connectivity index (χ3n) is 2.23. The van der Waals surface area contributed by atoms with Gasteiger partial charge >= 0.3 is 0 Å². The van der Waals surface area contributed by atoms with Crippen LogP contribution < -0.4 is 5.73 Å². The number of carbonyl (C=O) groups is 1. The summed E-state index contributed by atoms with van der Waals surface area (Å²) in [6.45, 7) is 1.02. The van der Waals surface area contributed by atoms with Crippen LogP contribution in [0.4, 0.5) is 0 Å². The molecule has 0 atom stereocenters. The number of hydrogen-bond acceptors (Lipinski definition) is 2. The van der Waals surface area contributed by atoms with Gasteiger partial charge in [0.05, 0.1) is 16.5 Å². The third-order valence-corrected chi connectivity index (χ3v) is 2.97. The Morgan fingerprint density at radius 2 is 2.06 bits per heavy atom. The molecule has 0 radical (unpaired) electrons. The number of amides is 1. The highest BCUT2D eigenvalue weighted by molar-refractivity contribution is 6.42. The van der Waals surface area contributed by atoms with Crippen molar-refractivity contribution in [3.05, 3.63) is 33.8 Å². The zero-order valence-corrected chi connectivity index (χ0v) is 10.6. The fourth-order valence-corrected chi connectivity index (χ4v) is 1.60. The summed E-state index contributed by atoms with van der Waals surface area (Å²) in [4.78, 5) is 13.3. The summed E-state index contributed by atoms with van der Waals surface area (Å²) in [5.74, 6) is 0.0174. The Labute approximate surface area is 105 Å². The topological polar surface area (TPSA) is 46.3 Å². The standard InChI is InChI=1S/C11H14Cl2N2O/c1-15(5-4-14)11(16)7-8-2-3-9(12)10(13)6-8/h2-3,6H,4-5,7,14H2,1H3. The van der Waals surface area contributed by atoms with Crippen LogP contribution in [-0.2, 0) is 11.2 Å². The van der Waals surface area contributed by atoms with E-state index in [0.29, 0.717) is 29.6 Å². The molecule has 3 nitrogen and oxygen atoms in total. The fraction of sp³-hybridized carbons (Fsp3) is 0.364. The molecule has 0 fully saturated rings. The minimum absolute atomic E-state index is 0.0174. The second kappa shape index (κ2) is 6.09. The highest BCUT2D eigenvalue weighted by atomic mass is 35.5. The molecule has 88 valence electrons. The largest absolute Gasteiger partial charge is 0.344 e. The summed E-state index contributed by atoms with van der Waals surface area (Å²) >= 11 is 11.6. The molecule has 0 aromatic heterocycles. The van der Waals surface area contributed by atoms with Crippen molar-refractivity contribution >= 4 is 29.1 Å². The van der Waals surface area contributed by atoms with Crippen LogP contribution in [0.5, 0.6) is 0 Å². The molecule has 0 unspecified atom stereocenters. The van der Waals surface area contributed by atoms with Crippen molar-refractivity contribution in [2.75, 3.05) is 20.1 Å². The molecular weight excluding hydrogens is 247 g/mol. The Balaban J connectivity index is 2.66. The summed E-state index contributed by atoms with van der Waals surface area (Å²) in [5.41, 5.74) is 6.22. The van der Waals surface area contributed by atoms with E-state index in [-0.39, 0.29) is 5.91 Å². The van der Waals surface area contributed by atoms with E-state index in [1.807, 2.05) is 0 Å². The molecule has 1 rings (SSSR count). The molecule has 0 aliphatic carbocycles. The van der Waals surface area contributed by atoms with Gasteiger partial charge in [-0.2, -0.15) is 0 Å². The Kier molecular flexibility index (Phi) is 5.06. The molecule has 0 spiro atoms. The number of carbonyl (C=O) groups excluding carboxylic acids is 1. The Hall–Kier alpha value is -0.770. The van der Waals surface area contributed by atoms with Gasteiger partial charge in [0.1, 0.15) is 0 Å². The average Bonchev–Trinajstić information content (AvgIpc) is 2.24. The maximum absolute atomic E-state index is 11.7. The summed E-state index contributed by atoms with van der Waals surface area (Å²) in [7, 11) is 1.73. The summed E-state index contributed by atoms with van der Waals surface area (Å²) in [6, 6.07) is 5.19. The number of nitrogens with zero attached hydrogens (tertiary/aromatic N) is 1.